The summed E-state index contributed by atoms with van der Waals surface area (Å²) < 4.78 is 5.33. The maximum Gasteiger partial charge on any atom is 0.119 e. The van der Waals surface area contributed by atoms with Crippen LogP contribution in [0, 0.1) is 5.41 Å². The maximum absolute atomic E-state index is 6.25. The summed E-state index contributed by atoms with van der Waals surface area (Å²) in [5.74, 6) is 0.904. The summed E-state index contributed by atoms with van der Waals surface area (Å²) in [6.07, 6.45) is 1.24. The summed E-state index contributed by atoms with van der Waals surface area (Å²) >= 11 is 0. The van der Waals surface area contributed by atoms with Crippen molar-refractivity contribution in [1.29, 1.82) is 0 Å². The molecule has 3 heteroatoms. The second kappa shape index (κ2) is 5.51. The average molecular weight is 262 g/mol. The zero-order chi connectivity index (χ0) is 14.0. The highest BCUT2D eigenvalue weighted by Gasteiger charge is 2.35. The van der Waals surface area contributed by atoms with Crippen LogP contribution < -0.4 is 10.5 Å². The van der Waals surface area contributed by atoms with Crippen molar-refractivity contribution in [2.75, 3.05) is 20.2 Å². The fourth-order valence-corrected chi connectivity index (χ4v) is 3.06. The lowest BCUT2D eigenvalue weighted by atomic mass is 9.93. The van der Waals surface area contributed by atoms with E-state index in [0.717, 1.165) is 18.8 Å². The van der Waals surface area contributed by atoms with Gasteiger partial charge in [0.2, 0.25) is 0 Å². The molecule has 2 atom stereocenters. The van der Waals surface area contributed by atoms with Crippen LogP contribution in [0.25, 0.3) is 0 Å². The summed E-state index contributed by atoms with van der Waals surface area (Å²) in [6, 6.07) is 8.68. The van der Waals surface area contributed by atoms with Crippen molar-refractivity contribution < 1.29 is 4.74 Å². The monoisotopic (exact) mass is 262 g/mol. The van der Waals surface area contributed by atoms with E-state index in [1.807, 2.05) is 12.1 Å². The Balaban J connectivity index is 2.25. The Kier molecular flexibility index (Phi) is 4.16. The Morgan fingerprint density at radius 1 is 1.37 bits per heavy atom. The molecule has 0 radical (unpaired) electrons. The molecule has 1 aromatic rings. The lowest BCUT2D eigenvalue weighted by Crippen LogP contribution is -2.39. The molecule has 0 aromatic heterocycles. The highest BCUT2D eigenvalue weighted by atomic mass is 16.5. The number of hydrogen-bond donors (Lipinski definition) is 1. The first kappa shape index (κ1) is 14.4. The third-order valence-electron chi connectivity index (χ3n) is 4.03. The normalized spacial score (nSPS) is 22.2. The molecule has 0 saturated carbocycles. The first-order valence-electron chi connectivity index (χ1n) is 7.06. The molecule has 1 saturated heterocycles. The van der Waals surface area contributed by atoms with Gasteiger partial charge in [-0.25, -0.2) is 0 Å². The summed E-state index contributed by atoms with van der Waals surface area (Å²) in [4.78, 5) is 2.51. The summed E-state index contributed by atoms with van der Waals surface area (Å²) in [6.45, 7) is 8.98. The summed E-state index contributed by atoms with van der Waals surface area (Å²) in [5.41, 5.74) is 7.90. The molecule has 3 nitrogen and oxygen atoms in total. The molecular formula is C16H26N2O. The van der Waals surface area contributed by atoms with E-state index in [1.165, 1.54) is 12.0 Å². The molecular weight excluding hydrogens is 236 g/mol. The van der Waals surface area contributed by atoms with E-state index >= 15 is 0 Å². The van der Waals surface area contributed by atoms with E-state index in [2.05, 4.69) is 37.8 Å². The molecule has 1 aromatic carbocycles. The van der Waals surface area contributed by atoms with Crippen molar-refractivity contribution in [3.63, 3.8) is 0 Å². The smallest absolute Gasteiger partial charge is 0.119 e. The molecule has 2 N–H and O–H groups in total. The van der Waals surface area contributed by atoms with Crippen LogP contribution in [-0.4, -0.2) is 31.1 Å². The van der Waals surface area contributed by atoms with Gasteiger partial charge < -0.3 is 10.5 Å². The molecule has 1 aliphatic rings. The van der Waals surface area contributed by atoms with E-state index in [-0.39, 0.29) is 12.1 Å². The van der Waals surface area contributed by atoms with E-state index in [1.54, 1.807) is 7.11 Å². The minimum Gasteiger partial charge on any atom is -0.497 e. The third-order valence-corrected chi connectivity index (χ3v) is 4.03. The first-order valence-corrected chi connectivity index (χ1v) is 7.06. The zero-order valence-electron chi connectivity index (χ0n) is 12.5. The van der Waals surface area contributed by atoms with Crippen LogP contribution in [0.3, 0.4) is 0 Å². The van der Waals surface area contributed by atoms with Crippen LogP contribution >= 0.6 is 0 Å². The third kappa shape index (κ3) is 3.28. The molecule has 1 heterocycles. The van der Waals surface area contributed by atoms with Gasteiger partial charge in [-0.1, -0.05) is 26.0 Å². The molecule has 0 aliphatic carbocycles. The fourth-order valence-electron chi connectivity index (χ4n) is 3.06. The number of rotatable bonds is 4. The van der Waals surface area contributed by atoms with Gasteiger partial charge in [0.1, 0.15) is 5.75 Å². The van der Waals surface area contributed by atoms with Gasteiger partial charge in [-0.2, -0.15) is 0 Å². The van der Waals surface area contributed by atoms with Crippen molar-refractivity contribution in [2.24, 2.45) is 11.1 Å². The van der Waals surface area contributed by atoms with Crippen LogP contribution in [0.4, 0.5) is 0 Å². The van der Waals surface area contributed by atoms with Gasteiger partial charge in [0.15, 0.2) is 0 Å². The van der Waals surface area contributed by atoms with Gasteiger partial charge in [0, 0.05) is 18.6 Å². The van der Waals surface area contributed by atoms with E-state index in [9.17, 15) is 0 Å². The van der Waals surface area contributed by atoms with Crippen molar-refractivity contribution in [1.82, 2.24) is 4.90 Å². The SMILES string of the molecule is COc1cccc(C(C(C)N)N2CCC(C)(C)C2)c1. The molecule has 1 aliphatic heterocycles. The fraction of sp³-hybridized carbons (Fsp3) is 0.625. The molecule has 0 amide bonds. The molecule has 1 fully saturated rings. The van der Waals surface area contributed by atoms with Crippen LogP contribution in [0.2, 0.25) is 0 Å². The van der Waals surface area contributed by atoms with E-state index < -0.39 is 0 Å². The lowest BCUT2D eigenvalue weighted by Gasteiger charge is -2.32. The maximum atomic E-state index is 6.25. The Bertz CT molecular complexity index is 429. The number of methoxy groups -OCH3 is 1. The second-order valence-electron chi connectivity index (χ2n) is 6.47. The van der Waals surface area contributed by atoms with Gasteiger partial charge in [0.05, 0.1) is 7.11 Å². The molecule has 19 heavy (non-hydrogen) atoms. The molecule has 0 spiro atoms. The van der Waals surface area contributed by atoms with Gasteiger partial charge in [0.25, 0.3) is 0 Å². The Hall–Kier alpha value is -1.06. The van der Waals surface area contributed by atoms with Gasteiger partial charge in [-0.15, -0.1) is 0 Å². The van der Waals surface area contributed by atoms with Crippen molar-refractivity contribution in [2.45, 2.75) is 39.3 Å². The number of hydrogen-bond acceptors (Lipinski definition) is 3. The predicted octanol–water partition coefficient (Wildman–Crippen LogP) is 2.82. The highest BCUT2D eigenvalue weighted by molar-refractivity contribution is 5.31. The number of likely N-dealkylation sites (tertiary alicyclic amines) is 1. The first-order chi connectivity index (χ1) is 8.93. The Morgan fingerprint density at radius 3 is 2.63 bits per heavy atom. The largest absolute Gasteiger partial charge is 0.497 e. The van der Waals surface area contributed by atoms with Crippen LogP contribution in [-0.2, 0) is 0 Å². The molecule has 0 bridgehead atoms. The average Bonchev–Trinajstić information content (AvgIpc) is 2.69. The molecule has 2 unspecified atom stereocenters. The van der Waals surface area contributed by atoms with Gasteiger partial charge >= 0.3 is 0 Å². The summed E-state index contributed by atoms with van der Waals surface area (Å²) in [7, 11) is 1.71. The standard InChI is InChI=1S/C16H26N2O/c1-12(17)15(18-9-8-16(2,3)11-18)13-6-5-7-14(10-13)19-4/h5-7,10,12,15H,8-9,11,17H2,1-4H3. The van der Waals surface area contributed by atoms with Crippen molar-refractivity contribution in [3.05, 3.63) is 29.8 Å². The topological polar surface area (TPSA) is 38.5 Å². The van der Waals surface area contributed by atoms with E-state index in [0.29, 0.717) is 5.41 Å². The predicted molar refractivity (Wildman–Crippen MR) is 79.4 cm³/mol. The van der Waals surface area contributed by atoms with Crippen LogP contribution in [0.5, 0.6) is 5.75 Å². The zero-order valence-corrected chi connectivity index (χ0v) is 12.5. The van der Waals surface area contributed by atoms with Crippen molar-refractivity contribution >= 4 is 0 Å². The second-order valence-corrected chi connectivity index (χ2v) is 6.47. The lowest BCUT2D eigenvalue weighted by molar-refractivity contribution is 0.196. The van der Waals surface area contributed by atoms with Crippen molar-refractivity contribution in [3.8, 4) is 5.75 Å². The number of nitrogens with zero attached hydrogens (tertiary/aromatic N) is 1. The van der Waals surface area contributed by atoms with Gasteiger partial charge in [-0.3, -0.25) is 4.90 Å². The molecule has 106 valence electrons. The number of benzene rings is 1. The minimum atomic E-state index is 0.112. The van der Waals surface area contributed by atoms with Crippen LogP contribution in [0.15, 0.2) is 24.3 Å². The Morgan fingerprint density at radius 2 is 2.11 bits per heavy atom. The quantitative estimate of drug-likeness (QED) is 0.907. The Labute approximate surface area is 116 Å². The minimum absolute atomic E-state index is 0.112. The number of ether oxygens (including phenoxy) is 1. The summed E-state index contributed by atoms with van der Waals surface area (Å²) in [5, 5.41) is 0. The van der Waals surface area contributed by atoms with E-state index in [4.69, 9.17) is 10.5 Å². The van der Waals surface area contributed by atoms with Gasteiger partial charge in [-0.05, 0) is 43.0 Å². The molecule has 2 rings (SSSR count). The highest BCUT2D eigenvalue weighted by Crippen LogP contribution is 2.36. The number of nitrogens with two attached hydrogens (primary N) is 1. The van der Waals surface area contributed by atoms with Crippen LogP contribution in [0.1, 0.15) is 38.8 Å².